The summed E-state index contributed by atoms with van der Waals surface area (Å²) >= 11 is 0. The maximum Gasteiger partial charge on any atom is 0.259 e. The Morgan fingerprint density at radius 1 is 1.33 bits per heavy atom. The highest BCUT2D eigenvalue weighted by Gasteiger charge is 2.31. The molecule has 1 saturated heterocycles. The molecule has 2 N–H and O–H groups in total. The Labute approximate surface area is 140 Å². The van der Waals surface area contributed by atoms with Crippen LogP contribution < -0.4 is 5.73 Å². The summed E-state index contributed by atoms with van der Waals surface area (Å²) in [5, 5.41) is 4.20. The van der Waals surface area contributed by atoms with Crippen molar-refractivity contribution in [1.82, 2.24) is 24.6 Å². The van der Waals surface area contributed by atoms with E-state index in [4.69, 9.17) is 5.73 Å². The molecule has 0 aromatic carbocycles. The minimum absolute atomic E-state index is 0.0523. The second kappa shape index (κ2) is 5.89. The predicted molar refractivity (Wildman–Crippen MR) is 89.3 cm³/mol. The SMILES string of the molecule is Cn1cc(CC2CCN(C(=O)c3cnc(C4CC4)nc3N)C2)cn1. The monoisotopic (exact) mass is 326 g/mol. The van der Waals surface area contributed by atoms with E-state index in [1.165, 1.54) is 5.56 Å². The maximum absolute atomic E-state index is 12.7. The van der Waals surface area contributed by atoms with Gasteiger partial charge in [0.1, 0.15) is 17.2 Å². The third-order valence-corrected chi connectivity index (χ3v) is 4.87. The molecule has 7 nitrogen and oxygen atoms in total. The summed E-state index contributed by atoms with van der Waals surface area (Å²) in [6.07, 6.45) is 9.72. The van der Waals surface area contributed by atoms with Crippen molar-refractivity contribution in [2.24, 2.45) is 13.0 Å². The van der Waals surface area contributed by atoms with Gasteiger partial charge in [-0.05, 0) is 37.2 Å². The van der Waals surface area contributed by atoms with Gasteiger partial charge in [-0.15, -0.1) is 0 Å². The topological polar surface area (TPSA) is 89.9 Å². The molecule has 2 fully saturated rings. The molecule has 24 heavy (non-hydrogen) atoms. The molecule has 1 amide bonds. The number of amides is 1. The lowest BCUT2D eigenvalue weighted by Crippen LogP contribution is -2.30. The number of aryl methyl sites for hydroxylation is 1. The van der Waals surface area contributed by atoms with Gasteiger partial charge in [0.2, 0.25) is 0 Å². The fraction of sp³-hybridized carbons (Fsp3) is 0.529. The zero-order valence-corrected chi connectivity index (χ0v) is 13.9. The van der Waals surface area contributed by atoms with Gasteiger partial charge in [0.25, 0.3) is 5.91 Å². The standard InChI is InChI=1S/C17H22N6O/c1-22-9-12(7-20-22)6-11-4-5-23(10-11)17(24)14-8-19-16(13-2-3-13)21-15(14)18/h7-9,11,13H,2-6,10H2,1H3,(H2,18,19,21). The molecule has 1 atom stereocenters. The highest BCUT2D eigenvalue weighted by Crippen LogP contribution is 2.38. The highest BCUT2D eigenvalue weighted by atomic mass is 16.2. The zero-order chi connectivity index (χ0) is 16.7. The van der Waals surface area contributed by atoms with Crippen LogP contribution in [0.1, 0.15) is 46.9 Å². The summed E-state index contributed by atoms with van der Waals surface area (Å²) in [7, 11) is 1.92. The Hall–Kier alpha value is -2.44. The molecule has 0 spiro atoms. The number of rotatable bonds is 4. The van der Waals surface area contributed by atoms with Crippen LogP contribution in [0, 0.1) is 5.92 Å². The van der Waals surface area contributed by atoms with Crippen molar-refractivity contribution < 1.29 is 4.79 Å². The van der Waals surface area contributed by atoms with Gasteiger partial charge in [0, 0.05) is 38.4 Å². The van der Waals surface area contributed by atoms with Crippen LogP contribution in [0.2, 0.25) is 0 Å². The molecule has 126 valence electrons. The Morgan fingerprint density at radius 2 is 2.17 bits per heavy atom. The van der Waals surface area contributed by atoms with Crippen molar-refractivity contribution in [3.05, 3.63) is 35.5 Å². The summed E-state index contributed by atoms with van der Waals surface area (Å²) < 4.78 is 1.81. The first-order valence-corrected chi connectivity index (χ1v) is 8.49. The van der Waals surface area contributed by atoms with E-state index in [0.717, 1.165) is 44.6 Å². The smallest absolute Gasteiger partial charge is 0.259 e. The molecule has 3 heterocycles. The minimum Gasteiger partial charge on any atom is -0.383 e. The average molecular weight is 326 g/mol. The molecule has 0 radical (unpaired) electrons. The number of carbonyl (C=O) groups excluding carboxylic acids is 1. The molecule has 0 bridgehead atoms. The molecule has 2 aliphatic rings. The lowest BCUT2D eigenvalue weighted by atomic mass is 10.0. The van der Waals surface area contributed by atoms with E-state index >= 15 is 0 Å². The molecule has 1 unspecified atom stereocenters. The van der Waals surface area contributed by atoms with Crippen molar-refractivity contribution in [1.29, 1.82) is 0 Å². The summed E-state index contributed by atoms with van der Waals surface area (Å²) in [5.74, 6) is 1.94. The fourth-order valence-corrected chi connectivity index (χ4v) is 3.38. The molecule has 2 aromatic rings. The summed E-state index contributed by atoms with van der Waals surface area (Å²) in [6, 6.07) is 0. The lowest BCUT2D eigenvalue weighted by Gasteiger charge is -2.17. The quantitative estimate of drug-likeness (QED) is 0.916. The van der Waals surface area contributed by atoms with Crippen molar-refractivity contribution in [2.45, 2.75) is 31.6 Å². The van der Waals surface area contributed by atoms with Gasteiger partial charge in [-0.3, -0.25) is 9.48 Å². The van der Waals surface area contributed by atoms with Crippen molar-refractivity contribution in [2.75, 3.05) is 18.8 Å². The number of hydrogen-bond acceptors (Lipinski definition) is 5. The summed E-state index contributed by atoms with van der Waals surface area (Å²) in [6.45, 7) is 1.51. The second-order valence-corrected chi connectivity index (χ2v) is 6.93. The number of hydrogen-bond donors (Lipinski definition) is 1. The molecule has 2 aromatic heterocycles. The van der Waals surface area contributed by atoms with Crippen LogP contribution in [-0.4, -0.2) is 43.6 Å². The highest BCUT2D eigenvalue weighted by molar-refractivity contribution is 5.98. The second-order valence-electron chi connectivity index (χ2n) is 6.93. The van der Waals surface area contributed by atoms with E-state index in [1.807, 2.05) is 29.0 Å². The number of nitrogens with two attached hydrogens (primary N) is 1. The van der Waals surface area contributed by atoms with Gasteiger partial charge in [0.05, 0.1) is 6.20 Å². The lowest BCUT2D eigenvalue weighted by molar-refractivity contribution is 0.0787. The molecular formula is C17H22N6O. The molecule has 4 rings (SSSR count). The van der Waals surface area contributed by atoms with Crippen molar-refractivity contribution >= 4 is 11.7 Å². The van der Waals surface area contributed by atoms with E-state index in [9.17, 15) is 4.79 Å². The van der Waals surface area contributed by atoms with Gasteiger partial charge in [-0.2, -0.15) is 5.10 Å². The first-order valence-electron chi connectivity index (χ1n) is 8.49. The number of carbonyl (C=O) groups is 1. The number of nitrogen functional groups attached to an aromatic ring is 1. The largest absolute Gasteiger partial charge is 0.383 e. The zero-order valence-electron chi connectivity index (χ0n) is 13.9. The van der Waals surface area contributed by atoms with E-state index in [1.54, 1.807) is 6.20 Å². The number of aromatic nitrogens is 4. The fourth-order valence-electron chi connectivity index (χ4n) is 3.38. The molecule has 1 aliphatic heterocycles. The van der Waals surface area contributed by atoms with Gasteiger partial charge in [-0.25, -0.2) is 9.97 Å². The molecule has 1 aliphatic carbocycles. The van der Waals surface area contributed by atoms with E-state index < -0.39 is 0 Å². The Morgan fingerprint density at radius 3 is 2.83 bits per heavy atom. The van der Waals surface area contributed by atoms with Crippen molar-refractivity contribution in [3.63, 3.8) is 0 Å². The summed E-state index contributed by atoms with van der Waals surface area (Å²) in [5.41, 5.74) is 7.65. The van der Waals surface area contributed by atoms with Gasteiger partial charge >= 0.3 is 0 Å². The van der Waals surface area contributed by atoms with Crippen LogP contribution in [0.15, 0.2) is 18.6 Å². The average Bonchev–Trinajstić information content (AvgIpc) is 3.18. The maximum atomic E-state index is 12.7. The van der Waals surface area contributed by atoms with E-state index in [0.29, 0.717) is 23.2 Å². The third-order valence-electron chi connectivity index (χ3n) is 4.87. The Bertz CT molecular complexity index is 766. The summed E-state index contributed by atoms with van der Waals surface area (Å²) in [4.78, 5) is 23.2. The third kappa shape index (κ3) is 2.98. The van der Waals surface area contributed by atoms with Crippen LogP contribution in [0.5, 0.6) is 0 Å². The normalized spacial score (nSPS) is 20.5. The van der Waals surface area contributed by atoms with Gasteiger partial charge in [0.15, 0.2) is 0 Å². The number of anilines is 1. The van der Waals surface area contributed by atoms with Crippen LogP contribution in [0.25, 0.3) is 0 Å². The molecular weight excluding hydrogens is 304 g/mol. The van der Waals surface area contributed by atoms with Crippen LogP contribution in [0.3, 0.4) is 0 Å². The van der Waals surface area contributed by atoms with Crippen LogP contribution in [-0.2, 0) is 13.5 Å². The Kier molecular flexibility index (Phi) is 3.70. The molecule has 7 heteroatoms. The Balaban J connectivity index is 1.41. The van der Waals surface area contributed by atoms with E-state index in [-0.39, 0.29) is 5.91 Å². The van der Waals surface area contributed by atoms with E-state index in [2.05, 4.69) is 15.1 Å². The first-order chi connectivity index (χ1) is 11.6. The number of nitrogens with zero attached hydrogens (tertiary/aromatic N) is 5. The first kappa shape index (κ1) is 15.1. The number of likely N-dealkylation sites (tertiary alicyclic amines) is 1. The van der Waals surface area contributed by atoms with Crippen molar-refractivity contribution in [3.8, 4) is 0 Å². The predicted octanol–water partition coefficient (Wildman–Crippen LogP) is 1.37. The van der Waals surface area contributed by atoms with Crippen LogP contribution >= 0.6 is 0 Å². The van der Waals surface area contributed by atoms with Gasteiger partial charge < -0.3 is 10.6 Å². The van der Waals surface area contributed by atoms with Gasteiger partial charge in [-0.1, -0.05) is 0 Å². The van der Waals surface area contributed by atoms with Crippen LogP contribution in [0.4, 0.5) is 5.82 Å². The molecule has 1 saturated carbocycles. The minimum atomic E-state index is -0.0523.